The lowest BCUT2D eigenvalue weighted by Crippen LogP contribution is -2.50. The Morgan fingerprint density at radius 2 is 1.92 bits per heavy atom. The van der Waals surface area contributed by atoms with Gasteiger partial charge in [0.25, 0.3) is 0 Å². The number of aliphatic carboxylic acids is 1. The molecule has 0 heterocycles. The van der Waals surface area contributed by atoms with E-state index in [4.69, 9.17) is 5.11 Å². The van der Waals surface area contributed by atoms with Crippen LogP contribution in [0.1, 0.15) is 32.1 Å². The van der Waals surface area contributed by atoms with Gasteiger partial charge in [0, 0.05) is 0 Å². The van der Waals surface area contributed by atoms with Gasteiger partial charge in [0.15, 0.2) is 0 Å². The summed E-state index contributed by atoms with van der Waals surface area (Å²) in [6, 6.07) is 0. The largest absolute Gasteiger partial charge is 0.476 e. The molecule has 0 saturated heterocycles. The van der Waals surface area contributed by atoms with Gasteiger partial charge in [-0.1, -0.05) is 6.42 Å². The second-order valence-electron chi connectivity index (χ2n) is 2.91. The third-order valence-corrected chi connectivity index (χ3v) is 1.73. The molecule has 0 radical (unpaired) electrons. The van der Waals surface area contributed by atoms with Gasteiger partial charge in [0.05, 0.1) is 6.54 Å². The molecule has 0 spiro atoms. The van der Waals surface area contributed by atoms with Crippen molar-refractivity contribution in [3.8, 4) is 0 Å². The van der Waals surface area contributed by atoms with E-state index in [0.29, 0.717) is 6.42 Å². The van der Waals surface area contributed by atoms with Gasteiger partial charge in [0.2, 0.25) is 5.83 Å². The van der Waals surface area contributed by atoms with E-state index in [1.165, 1.54) is 0 Å². The van der Waals surface area contributed by atoms with Crippen LogP contribution in [0.15, 0.2) is 11.9 Å². The van der Waals surface area contributed by atoms with Crippen LogP contribution in [0, 0.1) is 0 Å². The lowest BCUT2D eigenvalue weighted by Gasteiger charge is -1.95. The second-order valence-corrected chi connectivity index (χ2v) is 2.91. The monoisotopic (exact) mass is 190 g/mol. The molecule has 0 aliphatic heterocycles. The van der Waals surface area contributed by atoms with Crippen LogP contribution >= 0.6 is 0 Å². The number of quaternary nitrogens is 1. The molecule has 0 aromatic carbocycles. The number of carboxylic acids is 1. The van der Waals surface area contributed by atoms with Crippen LogP contribution in [0.3, 0.4) is 0 Å². The van der Waals surface area contributed by atoms with E-state index in [1.807, 2.05) is 0 Å². The lowest BCUT2D eigenvalue weighted by molar-refractivity contribution is -0.368. The summed E-state index contributed by atoms with van der Waals surface area (Å²) >= 11 is 0. The van der Waals surface area contributed by atoms with Crippen LogP contribution in [-0.2, 0) is 4.79 Å². The molecule has 0 unspecified atom stereocenters. The molecular formula is C9H17FNO2+. The Kier molecular flexibility index (Phi) is 7.20. The summed E-state index contributed by atoms with van der Waals surface area (Å²) in [7, 11) is 0. The number of hydrogen-bond acceptors (Lipinski definition) is 1. The molecule has 76 valence electrons. The predicted molar refractivity (Wildman–Crippen MR) is 47.7 cm³/mol. The molecule has 4 N–H and O–H groups in total. The molecular weight excluding hydrogens is 173 g/mol. The Hall–Kier alpha value is -0.900. The Balaban J connectivity index is 3.34. The summed E-state index contributed by atoms with van der Waals surface area (Å²) in [5.41, 5.74) is 3.71. The number of carboxylic acid groups (broad SMARTS) is 1. The summed E-state index contributed by atoms with van der Waals surface area (Å²) < 4.78 is 12.4. The van der Waals surface area contributed by atoms with Crippen molar-refractivity contribution >= 4 is 5.97 Å². The molecule has 0 amide bonds. The standard InChI is InChI=1S/C9H16FNO2/c10-8(9(12)13)6-4-2-1-3-5-7-11/h6H,1-5,7,11H2,(H,12,13)/p+1/b8-6-. The molecule has 0 saturated carbocycles. The molecule has 0 aliphatic rings. The number of unbranched alkanes of at least 4 members (excludes halogenated alkanes) is 4. The summed E-state index contributed by atoms with van der Waals surface area (Å²) in [5, 5.41) is 8.17. The predicted octanol–water partition coefficient (Wildman–Crippen LogP) is 1.12. The zero-order valence-corrected chi connectivity index (χ0v) is 7.76. The molecule has 0 bridgehead atoms. The van der Waals surface area contributed by atoms with Gasteiger partial charge in [-0.2, -0.15) is 4.39 Å². The first-order valence-electron chi connectivity index (χ1n) is 4.56. The summed E-state index contributed by atoms with van der Waals surface area (Å²) in [6.45, 7) is 0.930. The molecule has 4 heteroatoms. The molecule has 0 atom stereocenters. The number of allylic oxidation sites excluding steroid dienone is 1. The molecule has 13 heavy (non-hydrogen) atoms. The maximum Gasteiger partial charge on any atom is 0.364 e. The minimum absolute atomic E-state index is 0.509. The number of halogens is 1. The SMILES string of the molecule is [NH3+]CCCCCC/C=C(\F)C(=O)O. The zero-order chi connectivity index (χ0) is 10.1. The fourth-order valence-corrected chi connectivity index (χ4v) is 0.991. The average molecular weight is 190 g/mol. The van der Waals surface area contributed by atoms with Crippen molar-refractivity contribution in [3.63, 3.8) is 0 Å². The average Bonchev–Trinajstić information content (AvgIpc) is 2.10. The van der Waals surface area contributed by atoms with Crippen LogP contribution in [-0.4, -0.2) is 17.6 Å². The van der Waals surface area contributed by atoms with Gasteiger partial charge in [-0.3, -0.25) is 0 Å². The van der Waals surface area contributed by atoms with Gasteiger partial charge in [-0.05, 0) is 31.8 Å². The lowest BCUT2D eigenvalue weighted by atomic mass is 10.1. The molecule has 0 rings (SSSR count). The number of hydrogen-bond donors (Lipinski definition) is 2. The highest BCUT2D eigenvalue weighted by Crippen LogP contribution is 2.05. The highest BCUT2D eigenvalue weighted by molar-refractivity contribution is 5.83. The fourth-order valence-electron chi connectivity index (χ4n) is 0.991. The van der Waals surface area contributed by atoms with Crippen LogP contribution in [0.4, 0.5) is 4.39 Å². The van der Waals surface area contributed by atoms with E-state index in [9.17, 15) is 9.18 Å². The van der Waals surface area contributed by atoms with E-state index in [-0.39, 0.29) is 0 Å². The summed E-state index contributed by atoms with van der Waals surface area (Å²) in [5.74, 6) is -2.52. The van der Waals surface area contributed by atoms with Crippen LogP contribution in [0.25, 0.3) is 0 Å². The first kappa shape index (κ1) is 12.1. The highest BCUT2D eigenvalue weighted by atomic mass is 19.1. The normalized spacial score (nSPS) is 11.7. The van der Waals surface area contributed by atoms with Crippen molar-refractivity contribution in [1.82, 2.24) is 0 Å². The third kappa shape index (κ3) is 7.46. The molecule has 0 aromatic rings. The van der Waals surface area contributed by atoms with E-state index in [0.717, 1.165) is 38.3 Å². The Labute approximate surface area is 77.4 Å². The second kappa shape index (κ2) is 7.73. The topological polar surface area (TPSA) is 64.9 Å². The Morgan fingerprint density at radius 3 is 2.46 bits per heavy atom. The molecule has 0 fully saturated rings. The summed E-state index contributed by atoms with van der Waals surface area (Å²) in [6.07, 6.45) is 5.68. The van der Waals surface area contributed by atoms with Crippen molar-refractivity contribution in [2.24, 2.45) is 0 Å². The van der Waals surface area contributed by atoms with E-state index >= 15 is 0 Å². The first-order chi connectivity index (χ1) is 6.18. The van der Waals surface area contributed by atoms with Crippen LogP contribution in [0.5, 0.6) is 0 Å². The minimum atomic E-state index is -1.47. The Bertz CT molecular complexity index is 180. The number of rotatable bonds is 7. The van der Waals surface area contributed by atoms with Crippen molar-refractivity contribution in [2.45, 2.75) is 32.1 Å². The van der Waals surface area contributed by atoms with Crippen molar-refractivity contribution in [3.05, 3.63) is 11.9 Å². The fraction of sp³-hybridized carbons (Fsp3) is 0.667. The Morgan fingerprint density at radius 1 is 1.31 bits per heavy atom. The highest BCUT2D eigenvalue weighted by Gasteiger charge is 2.02. The molecule has 0 aliphatic carbocycles. The van der Waals surface area contributed by atoms with Crippen molar-refractivity contribution < 1.29 is 20.0 Å². The maximum absolute atomic E-state index is 12.4. The van der Waals surface area contributed by atoms with E-state index in [1.54, 1.807) is 0 Å². The van der Waals surface area contributed by atoms with Gasteiger partial charge >= 0.3 is 5.97 Å². The molecule has 0 aromatic heterocycles. The van der Waals surface area contributed by atoms with Crippen molar-refractivity contribution in [2.75, 3.05) is 6.54 Å². The summed E-state index contributed by atoms with van der Waals surface area (Å²) in [4.78, 5) is 10.0. The van der Waals surface area contributed by atoms with Crippen molar-refractivity contribution in [1.29, 1.82) is 0 Å². The van der Waals surface area contributed by atoms with Gasteiger partial charge in [-0.25, -0.2) is 4.79 Å². The first-order valence-corrected chi connectivity index (χ1v) is 4.56. The maximum atomic E-state index is 12.4. The minimum Gasteiger partial charge on any atom is -0.476 e. The smallest absolute Gasteiger partial charge is 0.364 e. The quantitative estimate of drug-likeness (QED) is 0.466. The van der Waals surface area contributed by atoms with Crippen LogP contribution < -0.4 is 5.73 Å². The molecule has 3 nitrogen and oxygen atoms in total. The van der Waals surface area contributed by atoms with Gasteiger partial charge in [0.1, 0.15) is 0 Å². The van der Waals surface area contributed by atoms with Gasteiger partial charge in [-0.15, -0.1) is 0 Å². The van der Waals surface area contributed by atoms with E-state index in [2.05, 4.69) is 5.73 Å². The zero-order valence-electron chi connectivity index (χ0n) is 7.76. The third-order valence-electron chi connectivity index (χ3n) is 1.73. The number of carbonyl (C=O) groups is 1. The van der Waals surface area contributed by atoms with E-state index < -0.39 is 11.8 Å². The van der Waals surface area contributed by atoms with Gasteiger partial charge < -0.3 is 10.8 Å². The van der Waals surface area contributed by atoms with Crippen LogP contribution in [0.2, 0.25) is 0 Å².